The summed E-state index contributed by atoms with van der Waals surface area (Å²) in [6.45, 7) is 0. The van der Waals surface area contributed by atoms with Gasteiger partial charge in [-0.25, -0.2) is 13.1 Å². The first-order valence-electron chi connectivity index (χ1n) is 7.24. The van der Waals surface area contributed by atoms with Gasteiger partial charge < -0.3 is 5.11 Å². The lowest BCUT2D eigenvalue weighted by atomic mass is 9.94. The van der Waals surface area contributed by atoms with Gasteiger partial charge in [0.05, 0.1) is 11.0 Å². The van der Waals surface area contributed by atoms with Crippen molar-refractivity contribution in [2.75, 3.05) is 0 Å². The number of aliphatic hydroxyl groups is 1. The quantitative estimate of drug-likeness (QED) is 0.915. The molecule has 0 bridgehead atoms. The van der Waals surface area contributed by atoms with Crippen LogP contribution in [-0.2, 0) is 10.0 Å². The summed E-state index contributed by atoms with van der Waals surface area (Å²) >= 11 is 0. The normalized spacial score (nSPS) is 23.3. The molecule has 0 spiro atoms. The Morgan fingerprint density at radius 3 is 2.38 bits per heavy atom. The Morgan fingerprint density at radius 2 is 1.62 bits per heavy atom. The molecule has 2 aromatic rings. The van der Waals surface area contributed by atoms with Crippen LogP contribution in [0.25, 0.3) is 10.8 Å². The highest BCUT2D eigenvalue weighted by atomic mass is 32.2. The predicted octanol–water partition coefficient (Wildman–Crippen LogP) is 2.42. The molecule has 21 heavy (non-hydrogen) atoms. The molecular weight excluding hydrogens is 286 g/mol. The Kier molecular flexibility index (Phi) is 3.97. The van der Waals surface area contributed by atoms with Gasteiger partial charge in [-0.2, -0.15) is 0 Å². The van der Waals surface area contributed by atoms with Crippen LogP contribution in [0.2, 0.25) is 0 Å². The van der Waals surface area contributed by atoms with E-state index in [0.29, 0.717) is 30.6 Å². The molecule has 0 aliphatic heterocycles. The minimum Gasteiger partial charge on any atom is -0.393 e. The molecule has 0 heterocycles. The Balaban J connectivity index is 1.90. The second kappa shape index (κ2) is 5.75. The van der Waals surface area contributed by atoms with Crippen molar-refractivity contribution < 1.29 is 13.5 Å². The number of fused-ring (bicyclic) bond motifs is 1. The molecule has 0 radical (unpaired) electrons. The van der Waals surface area contributed by atoms with Crippen LogP contribution in [0.15, 0.2) is 47.4 Å². The van der Waals surface area contributed by atoms with Gasteiger partial charge in [0.2, 0.25) is 10.0 Å². The van der Waals surface area contributed by atoms with E-state index in [0.717, 1.165) is 10.8 Å². The molecule has 2 N–H and O–H groups in total. The van der Waals surface area contributed by atoms with E-state index in [1.807, 2.05) is 30.3 Å². The molecule has 5 heteroatoms. The Hall–Kier alpha value is -1.43. The van der Waals surface area contributed by atoms with Gasteiger partial charge >= 0.3 is 0 Å². The van der Waals surface area contributed by atoms with Crippen LogP contribution in [0.5, 0.6) is 0 Å². The molecule has 4 nitrogen and oxygen atoms in total. The van der Waals surface area contributed by atoms with Gasteiger partial charge in [0.1, 0.15) is 0 Å². The third-order valence-electron chi connectivity index (χ3n) is 4.06. The van der Waals surface area contributed by atoms with E-state index in [1.165, 1.54) is 0 Å². The van der Waals surface area contributed by atoms with E-state index in [2.05, 4.69) is 4.72 Å². The molecule has 1 saturated carbocycles. The molecule has 1 fully saturated rings. The zero-order valence-corrected chi connectivity index (χ0v) is 12.5. The molecule has 0 atom stereocenters. The van der Waals surface area contributed by atoms with Crippen molar-refractivity contribution in [2.45, 2.75) is 42.7 Å². The van der Waals surface area contributed by atoms with E-state index in [-0.39, 0.29) is 12.1 Å². The van der Waals surface area contributed by atoms with Gasteiger partial charge in [-0.1, -0.05) is 36.4 Å². The van der Waals surface area contributed by atoms with Crippen molar-refractivity contribution in [3.05, 3.63) is 42.5 Å². The van der Waals surface area contributed by atoms with Crippen molar-refractivity contribution in [1.29, 1.82) is 0 Å². The summed E-state index contributed by atoms with van der Waals surface area (Å²) in [5.41, 5.74) is 0. The van der Waals surface area contributed by atoms with E-state index in [4.69, 9.17) is 0 Å². The predicted molar refractivity (Wildman–Crippen MR) is 82.5 cm³/mol. The van der Waals surface area contributed by atoms with Gasteiger partial charge in [0, 0.05) is 11.4 Å². The molecule has 0 amide bonds. The number of nitrogens with one attached hydrogen (secondary N) is 1. The van der Waals surface area contributed by atoms with Gasteiger partial charge in [0.15, 0.2) is 0 Å². The van der Waals surface area contributed by atoms with Gasteiger partial charge in [-0.3, -0.25) is 0 Å². The third kappa shape index (κ3) is 3.10. The maximum atomic E-state index is 12.6. The Labute approximate surface area is 124 Å². The first-order chi connectivity index (χ1) is 10.1. The average Bonchev–Trinajstić information content (AvgIpc) is 2.49. The van der Waals surface area contributed by atoms with Crippen molar-refractivity contribution >= 4 is 20.8 Å². The van der Waals surface area contributed by atoms with Crippen molar-refractivity contribution in [3.8, 4) is 0 Å². The zero-order valence-electron chi connectivity index (χ0n) is 11.7. The first kappa shape index (κ1) is 14.5. The van der Waals surface area contributed by atoms with Crippen LogP contribution in [0, 0.1) is 0 Å². The highest BCUT2D eigenvalue weighted by molar-refractivity contribution is 7.89. The minimum absolute atomic E-state index is 0.0858. The fourth-order valence-corrected chi connectivity index (χ4v) is 4.44. The van der Waals surface area contributed by atoms with Crippen molar-refractivity contribution in [1.82, 2.24) is 4.72 Å². The summed E-state index contributed by atoms with van der Waals surface area (Å²) in [5, 5.41) is 11.2. The lowest BCUT2D eigenvalue weighted by molar-refractivity contribution is 0.120. The highest BCUT2D eigenvalue weighted by Crippen LogP contribution is 2.25. The Morgan fingerprint density at radius 1 is 0.952 bits per heavy atom. The van der Waals surface area contributed by atoms with Gasteiger partial charge in [-0.05, 0) is 37.1 Å². The summed E-state index contributed by atoms with van der Waals surface area (Å²) in [5.74, 6) is 0. The maximum Gasteiger partial charge on any atom is 0.241 e. The molecule has 0 unspecified atom stereocenters. The topological polar surface area (TPSA) is 66.4 Å². The smallest absolute Gasteiger partial charge is 0.241 e. The fraction of sp³-hybridized carbons (Fsp3) is 0.375. The standard InChI is InChI=1S/C16H19NO3S/c18-14-10-8-13(9-11-14)17-21(19,20)16-7-3-5-12-4-1-2-6-15(12)16/h1-7,13-14,17-18H,8-11H2. The largest absolute Gasteiger partial charge is 0.393 e. The molecule has 112 valence electrons. The molecule has 0 aromatic heterocycles. The summed E-state index contributed by atoms with van der Waals surface area (Å²) < 4.78 is 28.0. The summed E-state index contributed by atoms with van der Waals surface area (Å²) in [6.07, 6.45) is 2.39. The number of hydrogen-bond donors (Lipinski definition) is 2. The molecule has 0 saturated heterocycles. The second-order valence-electron chi connectivity index (χ2n) is 5.60. The van der Waals surface area contributed by atoms with E-state index in [9.17, 15) is 13.5 Å². The van der Waals surface area contributed by atoms with Crippen LogP contribution in [-0.4, -0.2) is 25.7 Å². The minimum atomic E-state index is -3.54. The highest BCUT2D eigenvalue weighted by Gasteiger charge is 2.25. The van der Waals surface area contributed by atoms with Crippen LogP contribution in [0.4, 0.5) is 0 Å². The van der Waals surface area contributed by atoms with E-state index in [1.54, 1.807) is 12.1 Å². The SMILES string of the molecule is O=S(=O)(NC1CCC(O)CC1)c1cccc2ccccc12. The van der Waals surface area contributed by atoms with Crippen molar-refractivity contribution in [2.24, 2.45) is 0 Å². The molecule has 2 aromatic carbocycles. The first-order valence-corrected chi connectivity index (χ1v) is 8.73. The average molecular weight is 305 g/mol. The Bertz CT molecular complexity index is 729. The number of benzene rings is 2. The summed E-state index contributed by atoms with van der Waals surface area (Å²) in [6, 6.07) is 12.7. The molecule has 1 aliphatic carbocycles. The number of aliphatic hydroxyl groups excluding tert-OH is 1. The fourth-order valence-electron chi connectivity index (χ4n) is 2.91. The number of rotatable bonds is 3. The van der Waals surface area contributed by atoms with Crippen molar-refractivity contribution in [3.63, 3.8) is 0 Å². The van der Waals surface area contributed by atoms with Crippen LogP contribution < -0.4 is 4.72 Å². The monoisotopic (exact) mass is 305 g/mol. The summed E-state index contributed by atoms with van der Waals surface area (Å²) in [4.78, 5) is 0.326. The van der Waals surface area contributed by atoms with Crippen LogP contribution >= 0.6 is 0 Å². The molecular formula is C16H19NO3S. The third-order valence-corrected chi connectivity index (χ3v) is 5.64. The lowest BCUT2D eigenvalue weighted by Gasteiger charge is -2.26. The molecule has 1 aliphatic rings. The maximum absolute atomic E-state index is 12.6. The zero-order chi connectivity index (χ0) is 14.9. The lowest BCUT2D eigenvalue weighted by Crippen LogP contribution is -2.38. The van der Waals surface area contributed by atoms with Gasteiger partial charge in [0.25, 0.3) is 0 Å². The molecule has 3 rings (SSSR count). The number of hydrogen-bond acceptors (Lipinski definition) is 3. The van der Waals surface area contributed by atoms with E-state index >= 15 is 0 Å². The second-order valence-corrected chi connectivity index (χ2v) is 7.29. The van der Waals surface area contributed by atoms with Gasteiger partial charge in [-0.15, -0.1) is 0 Å². The van der Waals surface area contributed by atoms with Crippen LogP contribution in [0.1, 0.15) is 25.7 Å². The van der Waals surface area contributed by atoms with Crippen LogP contribution in [0.3, 0.4) is 0 Å². The summed E-state index contributed by atoms with van der Waals surface area (Å²) in [7, 11) is -3.54. The van der Waals surface area contributed by atoms with E-state index < -0.39 is 10.0 Å². The number of sulfonamides is 1.